The number of aromatic carboxylic acids is 1. The first-order chi connectivity index (χ1) is 33.8. The van der Waals surface area contributed by atoms with Gasteiger partial charge in [-0.25, -0.2) is 4.79 Å². The van der Waals surface area contributed by atoms with Gasteiger partial charge in [0.15, 0.2) is 18.4 Å². The van der Waals surface area contributed by atoms with Crippen molar-refractivity contribution >= 4 is 11.9 Å². The van der Waals surface area contributed by atoms with E-state index in [4.69, 9.17) is 58.2 Å². The van der Waals surface area contributed by atoms with Crippen molar-refractivity contribution in [3.05, 3.63) is 95.1 Å². The smallest absolute Gasteiger partial charge is 0.335 e. The molecule has 16 nitrogen and oxygen atoms in total. The average molecular weight is 994 g/mol. The molecule has 1 aromatic rings. The van der Waals surface area contributed by atoms with Gasteiger partial charge in [-0.2, -0.15) is 0 Å². The number of benzene rings is 1. The lowest BCUT2D eigenvalue weighted by molar-refractivity contribution is -0.311. The molecule has 16 heteroatoms. The highest BCUT2D eigenvalue weighted by Gasteiger charge is 2.60. The summed E-state index contributed by atoms with van der Waals surface area (Å²) >= 11 is 0. The Morgan fingerprint density at radius 2 is 1.59 bits per heavy atom. The summed E-state index contributed by atoms with van der Waals surface area (Å²) in [5.41, 5.74) is 6.82. The minimum atomic E-state index is -1.83. The summed E-state index contributed by atoms with van der Waals surface area (Å²) in [4.78, 5) is 24.6. The topological polar surface area (TPSA) is 213 Å². The van der Waals surface area contributed by atoms with Crippen LogP contribution in [0.3, 0.4) is 0 Å². The van der Waals surface area contributed by atoms with Crippen molar-refractivity contribution in [3.8, 4) is 0 Å². The normalized spacial score (nSPS) is 43.3. The first-order valence-corrected chi connectivity index (χ1v) is 25.5. The summed E-state index contributed by atoms with van der Waals surface area (Å²) < 4.78 is 64.1. The molecule has 6 aliphatic heterocycles. The average Bonchev–Trinajstić information content (AvgIpc) is 3.69. The number of hydrogen-bond donors (Lipinski definition) is 4. The lowest BCUT2D eigenvalue weighted by Crippen LogP contribution is -2.58. The van der Waals surface area contributed by atoms with Crippen LogP contribution < -0.4 is 5.73 Å². The highest BCUT2D eigenvalue weighted by molar-refractivity contribution is 5.87. The molecule has 1 aromatic carbocycles. The number of esters is 1. The van der Waals surface area contributed by atoms with Gasteiger partial charge >= 0.3 is 11.9 Å². The fourth-order valence-electron chi connectivity index (χ4n) is 11.2. The van der Waals surface area contributed by atoms with Gasteiger partial charge in [0.25, 0.3) is 0 Å². The van der Waals surface area contributed by atoms with E-state index in [1.807, 2.05) is 32.1 Å². The number of carboxylic acids is 1. The second-order valence-electron chi connectivity index (χ2n) is 20.7. The Hall–Kier alpha value is -3.62. The zero-order valence-corrected chi connectivity index (χ0v) is 43.1. The summed E-state index contributed by atoms with van der Waals surface area (Å²) in [6.45, 7) is 16.3. The second kappa shape index (κ2) is 23.7. The molecule has 0 aromatic heterocycles. The Balaban J connectivity index is 0.000000741. The molecule has 4 fully saturated rings. The highest BCUT2D eigenvalue weighted by Crippen LogP contribution is 2.47. The van der Waals surface area contributed by atoms with Crippen molar-refractivity contribution < 1.29 is 72.3 Å². The molecule has 20 atom stereocenters. The van der Waals surface area contributed by atoms with Crippen LogP contribution in [0.4, 0.5) is 0 Å². The van der Waals surface area contributed by atoms with Crippen LogP contribution in [0.25, 0.3) is 0 Å². The van der Waals surface area contributed by atoms with Crippen LogP contribution in [0, 0.1) is 23.7 Å². The number of ether oxygens (including phenoxy) is 10. The van der Waals surface area contributed by atoms with E-state index in [-0.39, 0.29) is 60.9 Å². The molecule has 0 unspecified atom stereocenters. The van der Waals surface area contributed by atoms with E-state index >= 15 is 0 Å². The molecule has 394 valence electrons. The van der Waals surface area contributed by atoms with Crippen LogP contribution in [0.2, 0.25) is 0 Å². The number of hydrogen-bond acceptors (Lipinski definition) is 15. The van der Waals surface area contributed by atoms with Crippen molar-refractivity contribution in [1.82, 2.24) is 0 Å². The lowest BCUT2D eigenvalue weighted by atomic mass is 9.71. The van der Waals surface area contributed by atoms with Crippen LogP contribution in [-0.2, 0) is 52.2 Å². The molecule has 2 bridgehead atoms. The second-order valence-corrected chi connectivity index (χ2v) is 20.7. The molecule has 5 N–H and O–H groups in total. The summed E-state index contributed by atoms with van der Waals surface area (Å²) in [7, 11) is 3.32. The van der Waals surface area contributed by atoms with Crippen molar-refractivity contribution in [2.75, 3.05) is 20.8 Å². The van der Waals surface area contributed by atoms with Gasteiger partial charge in [0.2, 0.25) is 0 Å². The number of aliphatic hydroxyl groups excluding tert-OH is 1. The number of allylic oxidation sites excluding steroid dienone is 2. The molecular weight excluding hydrogens is 915 g/mol. The van der Waals surface area contributed by atoms with Crippen LogP contribution in [0.15, 0.2) is 89.6 Å². The number of carbonyl (C=O) groups is 2. The molecule has 0 radical (unpaired) electrons. The summed E-state index contributed by atoms with van der Waals surface area (Å²) in [5, 5.41) is 32.1. The minimum absolute atomic E-state index is 0.0379. The quantitative estimate of drug-likeness (QED) is 0.149. The van der Waals surface area contributed by atoms with E-state index in [1.165, 1.54) is 0 Å². The SMILES string of the molecule is CC[C@H](C)[C@H]1O[C@]2(C=C[C@@H]1C)C[C@@H]1C[C@@H](C/C=C(\C)[C@@H](O[C@H]3C[C@H](OC)[C@@H](O[C@H]4C[C@H](OC)[C@H](N)[C@H](C)O4)[C@H](C)O3)[C@@H](C)/C=C/C=C3CO[C@@H]4[C@H](O)C(C)=C[C@@H](C(=O)O1)[C@]34O)O2.O=C(O)c1ccccc1. The van der Waals surface area contributed by atoms with Gasteiger partial charge in [-0.3, -0.25) is 4.79 Å². The van der Waals surface area contributed by atoms with Crippen molar-refractivity contribution in [1.29, 1.82) is 0 Å². The lowest BCUT2D eigenvalue weighted by Gasteiger charge is -2.48. The molecule has 1 spiro atoms. The predicted octanol–water partition coefficient (Wildman–Crippen LogP) is 6.73. The van der Waals surface area contributed by atoms with Gasteiger partial charge in [-0.1, -0.05) is 88.8 Å². The zero-order valence-electron chi connectivity index (χ0n) is 43.1. The van der Waals surface area contributed by atoms with E-state index in [0.717, 1.165) is 12.0 Å². The first kappa shape index (κ1) is 55.1. The number of aliphatic hydroxyl groups is 2. The minimum Gasteiger partial charge on any atom is -0.478 e. The van der Waals surface area contributed by atoms with Crippen molar-refractivity contribution in [2.45, 2.75) is 191 Å². The van der Waals surface area contributed by atoms with Crippen molar-refractivity contribution in [3.63, 3.8) is 0 Å². The van der Waals surface area contributed by atoms with Crippen LogP contribution >= 0.6 is 0 Å². The molecule has 4 saturated heterocycles. The third-order valence-corrected chi connectivity index (χ3v) is 15.6. The largest absolute Gasteiger partial charge is 0.478 e. The number of fused-ring (bicyclic) bond motifs is 2. The third-order valence-electron chi connectivity index (χ3n) is 15.6. The maximum Gasteiger partial charge on any atom is 0.335 e. The van der Waals surface area contributed by atoms with E-state index in [2.05, 4.69) is 46.8 Å². The Labute approximate surface area is 419 Å². The third kappa shape index (κ3) is 12.3. The van der Waals surface area contributed by atoms with Gasteiger partial charge in [-0.05, 0) is 75.0 Å². The predicted molar refractivity (Wildman–Crippen MR) is 263 cm³/mol. The number of methoxy groups -OCH3 is 2. The molecule has 7 aliphatic rings. The maximum atomic E-state index is 14.4. The number of carboxylic acid groups (broad SMARTS) is 1. The molecule has 0 saturated carbocycles. The molecule has 6 heterocycles. The van der Waals surface area contributed by atoms with Gasteiger partial charge in [0.05, 0.1) is 60.9 Å². The van der Waals surface area contributed by atoms with Gasteiger partial charge in [0.1, 0.15) is 35.9 Å². The highest BCUT2D eigenvalue weighted by atomic mass is 16.7. The number of carbonyl (C=O) groups excluding carboxylic acids is 1. The molecule has 71 heavy (non-hydrogen) atoms. The van der Waals surface area contributed by atoms with Crippen LogP contribution in [0.5, 0.6) is 0 Å². The van der Waals surface area contributed by atoms with Gasteiger partial charge in [0, 0.05) is 51.7 Å². The molecule has 1 aliphatic carbocycles. The summed E-state index contributed by atoms with van der Waals surface area (Å²) in [6, 6.07) is 8.04. The molecule has 0 amide bonds. The standard InChI is InChI=1S/C48H73NO13.C7H6O2/c1-11-25(2)43-28(5)17-18-47(62-43)23-34-20-33(61-47)16-15-27(4)42(26(3)13-12-14-32-24-55-45-41(50)29(6)19-35(46(51)58-34)48(32,45)52)59-39-22-37(54-10)44(31(8)57-39)60-38-21-36(53-9)40(49)30(7)56-38;8-7(9)6-4-2-1-3-5-6/h12-15,17-19,25-26,28,30-31,33-45,50,52H,11,16,20-24,49H2,1-10H3;1-5H,(H,8,9)/b13-12+,27-15+,32-14?;/t25-,26-,28-,30-,31-,33+,34-,35-,36-,37-,38-,39-,40+,41+,42-,43+,44-,45+,47+,48+;/m0./s1. The fraction of sp³-hybridized carbons (Fsp3) is 0.673. The van der Waals surface area contributed by atoms with Crippen LogP contribution in [0.1, 0.15) is 104 Å². The maximum absolute atomic E-state index is 14.4. The summed E-state index contributed by atoms with van der Waals surface area (Å²) in [6.07, 6.45) is 10.2. The fourth-order valence-corrected chi connectivity index (χ4v) is 11.2. The monoisotopic (exact) mass is 994 g/mol. The Morgan fingerprint density at radius 3 is 2.27 bits per heavy atom. The van der Waals surface area contributed by atoms with Gasteiger partial charge in [-0.15, -0.1) is 0 Å². The summed E-state index contributed by atoms with van der Waals surface area (Å²) in [5.74, 6) is -3.40. The Morgan fingerprint density at radius 1 is 0.901 bits per heavy atom. The molecule has 8 rings (SSSR count). The first-order valence-electron chi connectivity index (χ1n) is 25.5. The van der Waals surface area contributed by atoms with E-state index in [0.29, 0.717) is 48.8 Å². The van der Waals surface area contributed by atoms with E-state index in [9.17, 15) is 19.8 Å². The Bertz CT molecular complexity index is 2130. The molecular formula is C55H79NO15. The zero-order chi connectivity index (χ0) is 51.4. The number of nitrogens with two attached hydrogens (primary N) is 1. The van der Waals surface area contributed by atoms with E-state index < -0.39 is 78.4 Å². The van der Waals surface area contributed by atoms with E-state index in [1.54, 1.807) is 63.6 Å². The Kier molecular flexibility index (Phi) is 18.4. The van der Waals surface area contributed by atoms with Crippen LogP contribution in [-0.4, -0.2) is 145 Å². The van der Waals surface area contributed by atoms with Crippen molar-refractivity contribution in [2.24, 2.45) is 29.4 Å². The van der Waals surface area contributed by atoms with Gasteiger partial charge < -0.3 is 68.4 Å². The number of rotatable bonds is 9.